The molecule has 0 radical (unpaired) electrons. The van der Waals surface area contributed by atoms with E-state index < -0.39 is 0 Å². The van der Waals surface area contributed by atoms with E-state index in [0.29, 0.717) is 0 Å². The molecule has 1 aromatic carbocycles. The molecule has 0 saturated heterocycles. The Labute approximate surface area is 105 Å². The van der Waals surface area contributed by atoms with Crippen LogP contribution in [0.4, 0.5) is 0 Å². The minimum atomic E-state index is 1.03. The Morgan fingerprint density at radius 3 is 2.53 bits per heavy atom. The van der Waals surface area contributed by atoms with Gasteiger partial charge in [-0.3, -0.25) is 0 Å². The first-order valence-corrected chi connectivity index (χ1v) is 6.06. The van der Waals surface area contributed by atoms with Crippen molar-refractivity contribution >= 4 is 0 Å². The van der Waals surface area contributed by atoms with Crippen LogP contribution >= 0.6 is 0 Å². The van der Waals surface area contributed by atoms with Crippen LogP contribution in [0.5, 0.6) is 0 Å². The summed E-state index contributed by atoms with van der Waals surface area (Å²) in [6.45, 7) is 12.4. The minimum Gasteiger partial charge on any atom is -0.0991 e. The minimum absolute atomic E-state index is 1.03. The molecule has 90 valence electrons. The highest BCUT2D eigenvalue weighted by Gasteiger charge is 2.01. The lowest BCUT2D eigenvalue weighted by Crippen LogP contribution is -1.93. The summed E-state index contributed by atoms with van der Waals surface area (Å²) < 4.78 is 0. The average molecular weight is 226 g/mol. The second-order valence-corrected chi connectivity index (χ2v) is 4.66. The first-order valence-electron chi connectivity index (χ1n) is 6.06. The largest absolute Gasteiger partial charge is 0.0991 e. The molecule has 0 aliphatic carbocycles. The molecule has 0 aromatic heterocycles. The predicted octanol–water partition coefficient (Wildman–Crippen LogP) is 4.92. The number of aryl methyl sites for hydroxylation is 2. The number of hydrogen-bond donors (Lipinski definition) is 0. The third-order valence-electron chi connectivity index (χ3n) is 3.11. The smallest absolute Gasteiger partial charge is 0.00615 e. The quantitative estimate of drug-likeness (QED) is 0.639. The van der Waals surface area contributed by atoms with Crippen LogP contribution < -0.4 is 0 Å². The van der Waals surface area contributed by atoms with Crippen LogP contribution in [0.2, 0.25) is 0 Å². The van der Waals surface area contributed by atoms with Gasteiger partial charge in [0, 0.05) is 0 Å². The Balaban J connectivity index is 2.90. The van der Waals surface area contributed by atoms with Crippen molar-refractivity contribution in [3.05, 3.63) is 70.8 Å². The molecule has 17 heavy (non-hydrogen) atoms. The van der Waals surface area contributed by atoms with Gasteiger partial charge < -0.3 is 0 Å². The zero-order valence-corrected chi connectivity index (χ0v) is 11.4. The number of benzene rings is 1. The van der Waals surface area contributed by atoms with Gasteiger partial charge in [-0.15, -0.1) is 0 Å². The van der Waals surface area contributed by atoms with Gasteiger partial charge >= 0.3 is 0 Å². The van der Waals surface area contributed by atoms with Crippen molar-refractivity contribution in [2.24, 2.45) is 0 Å². The van der Waals surface area contributed by atoms with Crippen LogP contribution in [0.1, 0.15) is 30.5 Å². The fourth-order valence-corrected chi connectivity index (χ4v) is 1.82. The van der Waals surface area contributed by atoms with Crippen LogP contribution in [0.15, 0.2) is 54.2 Å². The van der Waals surface area contributed by atoms with Gasteiger partial charge in [-0.05, 0) is 45.2 Å². The Morgan fingerprint density at radius 1 is 1.24 bits per heavy atom. The van der Waals surface area contributed by atoms with Crippen molar-refractivity contribution in [1.82, 2.24) is 0 Å². The van der Waals surface area contributed by atoms with Crippen molar-refractivity contribution in [1.29, 1.82) is 0 Å². The third-order valence-corrected chi connectivity index (χ3v) is 3.11. The summed E-state index contributed by atoms with van der Waals surface area (Å²) in [5.74, 6) is 0. The standard InChI is InChI=1S/C17H22/c1-6-7-8-14(3)15(4)12-17-10-9-13(2)11-16(17)5/h6-11H,1,12H2,2-5H3/b8-7-,15-14+. The Bertz CT molecular complexity index is 459. The first kappa shape index (κ1) is 13.5. The molecule has 0 bridgehead atoms. The molecule has 0 amide bonds. The SMILES string of the molecule is C=C/C=C\C(C)=C(/C)Cc1ccc(C)cc1C. The summed E-state index contributed by atoms with van der Waals surface area (Å²) in [5.41, 5.74) is 6.86. The summed E-state index contributed by atoms with van der Waals surface area (Å²) >= 11 is 0. The zero-order valence-electron chi connectivity index (χ0n) is 11.4. The Kier molecular flexibility index (Phi) is 4.96. The average Bonchev–Trinajstić information content (AvgIpc) is 2.29. The van der Waals surface area contributed by atoms with E-state index >= 15 is 0 Å². The number of hydrogen-bond acceptors (Lipinski definition) is 0. The molecule has 0 aliphatic heterocycles. The monoisotopic (exact) mass is 226 g/mol. The summed E-state index contributed by atoms with van der Waals surface area (Å²) in [5, 5.41) is 0. The van der Waals surface area contributed by atoms with Crippen molar-refractivity contribution in [2.75, 3.05) is 0 Å². The number of allylic oxidation sites excluding steroid dienone is 5. The van der Waals surface area contributed by atoms with Crippen LogP contribution in [-0.2, 0) is 6.42 Å². The van der Waals surface area contributed by atoms with Crippen molar-refractivity contribution in [3.8, 4) is 0 Å². The van der Waals surface area contributed by atoms with Gasteiger partial charge in [0.2, 0.25) is 0 Å². The van der Waals surface area contributed by atoms with E-state index in [9.17, 15) is 0 Å². The summed E-state index contributed by atoms with van der Waals surface area (Å²) in [6.07, 6.45) is 6.94. The molecule has 0 aliphatic rings. The molecule has 0 saturated carbocycles. The second kappa shape index (κ2) is 6.24. The molecule has 0 nitrogen and oxygen atoms in total. The fourth-order valence-electron chi connectivity index (χ4n) is 1.82. The van der Waals surface area contributed by atoms with Gasteiger partial charge in [0.25, 0.3) is 0 Å². The third kappa shape index (κ3) is 4.07. The maximum atomic E-state index is 3.69. The molecule has 1 aromatic rings. The van der Waals surface area contributed by atoms with E-state index in [1.165, 1.54) is 27.8 Å². The van der Waals surface area contributed by atoms with Crippen molar-refractivity contribution < 1.29 is 0 Å². The highest BCUT2D eigenvalue weighted by molar-refractivity contribution is 5.35. The summed E-state index contributed by atoms with van der Waals surface area (Å²) in [7, 11) is 0. The predicted molar refractivity (Wildman–Crippen MR) is 77.3 cm³/mol. The molecule has 0 atom stereocenters. The van der Waals surface area contributed by atoms with Gasteiger partial charge in [0.15, 0.2) is 0 Å². The van der Waals surface area contributed by atoms with Crippen molar-refractivity contribution in [3.63, 3.8) is 0 Å². The van der Waals surface area contributed by atoms with E-state index in [4.69, 9.17) is 0 Å². The second-order valence-electron chi connectivity index (χ2n) is 4.66. The maximum Gasteiger partial charge on any atom is -0.00615 e. The van der Waals surface area contributed by atoms with E-state index in [0.717, 1.165) is 6.42 Å². The highest BCUT2D eigenvalue weighted by atomic mass is 14.1. The maximum absolute atomic E-state index is 3.69. The highest BCUT2D eigenvalue weighted by Crippen LogP contribution is 2.17. The van der Waals surface area contributed by atoms with Crippen LogP contribution in [-0.4, -0.2) is 0 Å². The molecule has 1 rings (SSSR count). The molecule has 0 heterocycles. The first-order chi connectivity index (χ1) is 8.04. The summed E-state index contributed by atoms with van der Waals surface area (Å²) in [4.78, 5) is 0. The van der Waals surface area contributed by atoms with E-state index in [1.54, 1.807) is 0 Å². The van der Waals surface area contributed by atoms with Gasteiger partial charge in [-0.1, -0.05) is 59.7 Å². The fraction of sp³-hybridized carbons (Fsp3) is 0.294. The molecular weight excluding hydrogens is 204 g/mol. The molecule has 0 spiro atoms. The molecule has 0 N–H and O–H groups in total. The zero-order chi connectivity index (χ0) is 12.8. The Hall–Kier alpha value is -1.56. The number of rotatable bonds is 4. The van der Waals surface area contributed by atoms with Crippen LogP contribution in [0.25, 0.3) is 0 Å². The molecular formula is C17H22. The van der Waals surface area contributed by atoms with E-state index in [1.807, 2.05) is 12.2 Å². The lowest BCUT2D eigenvalue weighted by atomic mass is 9.97. The Morgan fingerprint density at radius 2 is 1.94 bits per heavy atom. The van der Waals surface area contributed by atoms with Gasteiger partial charge in [-0.2, -0.15) is 0 Å². The topological polar surface area (TPSA) is 0 Å². The van der Waals surface area contributed by atoms with Crippen LogP contribution in [0.3, 0.4) is 0 Å². The van der Waals surface area contributed by atoms with Gasteiger partial charge in [0.05, 0.1) is 0 Å². The molecule has 0 fully saturated rings. The van der Waals surface area contributed by atoms with E-state index in [2.05, 4.69) is 58.5 Å². The van der Waals surface area contributed by atoms with E-state index in [-0.39, 0.29) is 0 Å². The van der Waals surface area contributed by atoms with Crippen molar-refractivity contribution in [2.45, 2.75) is 34.1 Å². The molecule has 0 unspecified atom stereocenters. The van der Waals surface area contributed by atoms with Gasteiger partial charge in [0.1, 0.15) is 0 Å². The molecule has 0 heteroatoms. The van der Waals surface area contributed by atoms with Gasteiger partial charge in [-0.25, -0.2) is 0 Å². The lowest BCUT2D eigenvalue weighted by Gasteiger charge is -2.09. The van der Waals surface area contributed by atoms with Crippen LogP contribution in [0, 0.1) is 13.8 Å². The normalized spacial score (nSPS) is 12.7. The summed E-state index contributed by atoms with van der Waals surface area (Å²) in [6, 6.07) is 6.67. The lowest BCUT2D eigenvalue weighted by molar-refractivity contribution is 1.08.